The molecular weight excluding hydrogens is 408 g/mol. The van der Waals surface area contributed by atoms with Gasteiger partial charge in [-0.2, -0.15) is 0 Å². The number of hydrogen-bond acceptors (Lipinski definition) is 5. The smallest absolute Gasteiger partial charge is 0.255 e. The van der Waals surface area contributed by atoms with Gasteiger partial charge in [-0.15, -0.1) is 0 Å². The Labute approximate surface area is 188 Å². The average molecular weight is 439 g/mol. The van der Waals surface area contributed by atoms with Crippen LogP contribution in [0.25, 0.3) is 0 Å². The Morgan fingerprint density at radius 2 is 1.66 bits per heavy atom. The van der Waals surface area contributed by atoms with Crippen LogP contribution < -0.4 is 10.1 Å². The quantitative estimate of drug-likeness (QED) is 0.646. The van der Waals surface area contributed by atoms with E-state index in [0.29, 0.717) is 37.2 Å². The summed E-state index contributed by atoms with van der Waals surface area (Å²) in [7, 11) is 0. The first-order valence-electron chi connectivity index (χ1n) is 10.9. The largest absolute Gasteiger partial charge is 0.507 e. The van der Waals surface area contributed by atoms with Crippen molar-refractivity contribution in [2.45, 2.75) is 45.8 Å². The first-order valence-corrected chi connectivity index (χ1v) is 10.9. The monoisotopic (exact) mass is 438 g/mol. The number of Topliss-reactive ketones (excluding diaryl/α,β-unsaturated/α-hetero) is 1. The number of aromatic hydroxyl groups is 1. The minimum absolute atomic E-state index is 0.0117. The number of phenolic OH excluding ortho intramolecular Hbond substituents is 1. The standard InChI is InChI=1S/C25H30N2O5/c1-16(2)23(26-24(30)21-6-4-5-7-22(21)29)25(31)27-14-12-20(13-15-27)32-19-10-8-18(9-11-19)17(3)28/h4-11,16,20,23,29H,12-15H2,1-3H3,(H,26,30)/t23-/m0/s1. The molecule has 0 bridgehead atoms. The maximum absolute atomic E-state index is 13.1. The molecule has 2 amide bonds. The molecule has 1 heterocycles. The maximum atomic E-state index is 13.1. The number of amides is 2. The van der Waals surface area contributed by atoms with Crippen LogP contribution in [0, 0.1) is 5.92 Å². The Morgan fingerprint density at radius 1 is 1.03 bits per heavy atom. The fourth-order valence-electron chi connectivity index (χ4n) is 3.75. The zero-order valence-corrected chi connectivity index (χ0v) is 18.7. The number of carbonyl (C=O) groups is 3. The predicted octanol–water partition coefficient (Wildman–Crippen LogP) is 3.42. The minimum Gasteiger partial charge on any atom is -0.507 e. The Hall–Kier alpha value is -3.35. The van der Waals surface area contributed by atoms with Crippen LogP contribution in [0.5, 0.6) is 11.5 Å². The van der Waals surface area contributed by atoms with Gasteiger partial charge >= 0.3 is 0 Å². The summed E-state index contributed by atoms with van der Waals surface area (Å²) in [5.41, 5.74) is 0.789. The van der Waals surface area contributed by atoms with Crippen molar-refractivity contribution in [3.05, 3.63) is 59.7 Å². The molecule has 1 aliphatic heterocycles. The number of ketones is 1. The van der Waals surface area contributed by atoms with Crippen LogP contribution in [0.1, 0.15) is 54.3 Å². The molecule has 0 radical (unpaired) electrons. The van der Waals surface area contributed by atoms with Gasteiger partial charge in [-0.05, 0) is 49.2 Å². The van der Waals surface area contributed by atoms with Gasteiger partial charge in [-0.25, -0.2) is 0 Å². The second-order valence-corrected chi connectivity index (χ2v) is 8.44. The molecule has 1 atom stereocenters. The van der Waals surface area contributed by atoms with Crippen LogP contribution in [0.2, 0.25) is 0 Å². The number of benzene rings is 2. The molecule has 2 aromatic carbocycles. The normalized spacial score (nSPS) is 15.3. The lowest BCUT2D eigenvalue weighted by Crippen LogP contribution is -2.53. The lowest BCUT2D eigenvalue weighted by molar-refractivity contribution is -0.136. The number of nitrogens with one attached hydrogen (secondary N) is 1. The van der Waals surface area contributed by atoms with E-state index in [1.54, 1.807) is 41.3 Å². The van der Waals surface area contributed by atoms with Crippen LogP contribution in [-0.4, -0.2) is 52.8 Å². The molecule has 1 aliphatic rings. The Bertz CT molecular complexity index is 963. The summed E-state index contributed by atoms with van der Waals surface area (Å²) < 4.78 is 6.01. The van der Waals surface area contributed by atoms with Gasteiger partial charge < -0.3 is 20.1 Å². The van der Waals surface area contributed by atoms with Gasteiger partial charge in [0.05, 0.1) is 5.56 Å². The molecule has 1 saturated heterocycles. The predicted molar refractivity (Wildman–Crippen MR) is 121 cm³/mol. The number of rotatable bonds is 7. The molecule has 2 N–H and O–H groups in total. The number of ether oxygens (including phenoxy) is 1. The Balaban J connectivity index is 1.57. The Kier molecular flexibility index (Phi) is 7.51. The summed E-state index contributed by atoms with van der Waals surface area (Å²) in [5, 5.41) is 12.7. The third-order valence-electron chi connectivity index (χ3n) is 5.69. The van der Waals surface area contributed by atoms with Gasteiger partial charge in [-0.3, -0.25) is 14.4 Å². The van der Waals surface area contributed by atoms with Crippen molar-refractivity contribution in [1.29, 1.82) is 0 Å². The van der Waals surface area contributed by atoms with Crippen LogP contribution in [0.4, 0.5) is 0 Å². The fourth-order valence-corrected chi connectivity index (χ4v) is 3.75. The molecule has 170 valence electrons. The summed E-state index contributed by atoms with van der Waals surface area (Å²) in [5.74, 6) is -0.108. The number of carbonyl (C=O) groups excluding carboxylic acids is 3. The lowest BCUT2D eigenvalue weighted by atomic mass is 9.99. The number of piperidine rings is 1. The molecule has 2 aromatic rings. The fraction of sp³-hybridized carbons (Fsp3) is 0.400. The SMILES string of the molecule is CC(=O)c1ccc(OC2CCN(C(=O)[C@@H](NC(=O)c3ccccc3O)C(C)C)CC2)cc1. The van der Waals surface area contributed by atoms with Crippen LogP contribution in [0.15, 0.2) is 48.5 Å². The molecule has 0 spiro atoms. The second kappa shape index (κ2) is 10.3. The van der Waals surface area contributed by atoms with Crippen molar-refractivity contribution in [1.82, 2.24) is 10.2 Å². The highest BCUT2D eigenvalue weighted by molar-refractivity contribution is 5.99. The molecule has 0 aromatic heterocycles. The Morgan fingerprint density at radius 3 is 2.22 bits per heavy atom. The van der Waals surface area contributed by atoms with E-state index in [2.05, 4.69) is 5.32 Å². The van der Waals surface area contributed by atoms with Gasteiger partial charge in [0.25, 0.3) is 5.91 Å². The molecule has 32 heavy (non-hydrogen) atoms. The number of nitrogens with zero attached hydrogens (tertiary/aromatic N) is 1. The van der Waals surface area contributed by atoms with Crippen molar-refractivity contribution in [2.24, 2.45) is 5.92 Å². The molecule has 1 fully saturated rings. The minimum atomic E-state index is -0.682. The first kappa shape index (κ1) is 23.3. The molecule has 0 saturated carbocycles. The van der Waals surface area contributed by atoms with E-state index in [9.17, 15) is 19.5 Å². The average Bonchev–Trinajstić information content (AvgIpc) is 2.78. The molecular formula is C25H30N2O5. The number of likely N-dealkylation sites (tertiary alicyclic amines) is 1. The topological polar surface area (TPSA) is 95.9 Å². The zero-order valence-electron chi connectivity index (χ0n) is 18.7. The van der Waals surface area contributed by atoms with Gasteiger partial charge in [0.2, 0.25) is 5.91 Å². The zero-order chi connectivity index (χ0) is 23.3. The van der Waals surface area contributed by atoms with E-state index in [1.165, 1.54) is 19.1 Å². The molecule has 0 aliphatic carbocycles. The van der Waals surface area contributed by atoms with Crippen LogP contribution >= 0.6 is 0 Å². The molecule has 7 nitrogen and oxygen atoms in total. The molecule has 0 unspecified atom stereocenters. The summed E-state index contributed by atoms with van der Waals surface area (Å²) in [6, 6.07) is 12.7. The maximum Gasteiger partial charge on any atom is 0.255 e. The third kappa shape index (κ3) is 5.66. The van der Waals surface area contributed by atoms with Crippen molar-refractivity contribution < 1.29 is 24.2 Å². The number of phenols is 1. The lowest BCUT2D eigenvalue weighted by Gasteiger charge is -2.35. The summed E-state index contributed by atoms with van der Waals surface area (Å²) in [6.07, 6.45) is 1.34. The number of para-hydroxylation sites is 1. The highest BCUT2D eigenvalue weighted by Crippen LogP contribution is 2.22. The van der Waals surface area contributed by atoms with Crippen molar-refractivity contribution in [2.75, 3.05) is 13.1 Å². The first-order chi connectivity index (χ1) is 15.3. The third-order valence-corrected chi connectivity index (χ3v) is 5.69. The van der Waals surface area contributed by atoms with E-state index in [1.807, 2.05) is 13.8 Å². The van der Waals surface area contributed by atoms with E-state index < -0.39 is 11.9 Å². The van der Waals surface area contributed by atoms with Gasteiger partial charge in [-0.1, -0.05) is 26.0 Å². The summed E-state index contributed by atoms with van der Waals surface area (Å²) in [4.78, 5) is 38.9. The van der Waals surface area contributed by atoms with E-state index in [0.717, 1.165) is 0 Å². The highest BCUT2D eigenvalue weighted by Gasteiger charge is 2.32. The van der Waals surface area contributed by atoms with Gasteiger partial charge in [0, 0.05) is 31.5 Å². The van der Waals surface area contributed by atoms with E-state index in [4.69, 9.17) is 4.74 Å². The van der Waals surface area contributed by atoms with E-state index in [-0.39, 0.29) is 35.0 Å². The van der Waals surface area contributed by atoms with Crippen LogP contribution in [0.3, 0.4) is 0 Å². The van der Waals surface area contributed by atoms with E-state index >= 15 is 0 Å². The van der Waals surface area contributed by atoms with Gasteiger partial charge in [0.1, 0.15) is 23.6 Å². The van der Waals surface area contributed by atoms with Crippen molar-refractivity contribution in [3.63, 3.8) is 0 Å². The highest BCUT2D eigenvalue weighted by atomic mass is 16.5. The van der Waals surface area contributed by atoms with Crippen LogP contribution in [-0.2, 0) is 4.79 Å². The molecule has 3 rings (SSSR count). The second-order valence-electron chi connectivity index (χ2n) is 8.44. The van der Waals surface area contributed by atoms with Crippen molar-refractivity contribution in [3.8, 4) is 11.5 Å². The van der Waals surface area contributed by atoms with Crippen molar-refractivity contribution >= 4 is 17.6 Å². The number of hydrogen-bond donors (Lipinski definition) is 2. The molecule has 7 heteroatoms. The van der Waals surface area contributed by atoms with Gasteiger partial charge in [0.15, 0.2) is 5.78 Å². The summed E-state index contributed by atoms with van der Waals surface area (Å²) in [6.45, 7) is 6.36. The summed E-state index contributed by atoms with van der Waals surface area (Å²) >= 11 is 0.